The lowest BCUT2D eigenvalue weighted by Gasteiger charge is -2.19. The standard InChI is InChI=1S/C12H13BrN2O/c1-12(5-2-6-14-12)11-15-9-7-8(13)3-4-10(9)16-11/h3-4,7,14H,2,5-6H2,1H3. The zero-order chi connectivity index (χ0) is 11.2. The van der Waals surface area contributed by atoms with Crippen molar-refractivity contribution in [3.63, 3.8) is 0 Å². The lowest BCUT2D eigenvalue weighted by Crippen LogP contribution is -2.33. The van der Waals surface area contributed by atoms with Crippen molar-refractivity contribution in [3.8, 4) is 0 Å². The van der Waals surface area contributed by atoms with Crippen LogP contribution >= 0.6 is 15.9 Å². The summed E-state index contributed by atoms with van der Waals surface area (Å²) in [6.07, 6.45) is 2.26. The van der Waals surface area contributed by atoms with Crippen molar-refractivity contribution in [2.75, 3.05) is 6.54 Å². The Morgan fingerprint density at radius 3 is 3.12 bits per heavy atom. The maximum absolute atomic E-state index is 5.82. The Balaban J connectivity index is 2.11. The molecule has 1 aliphatic heterocycles. The van der Waals surface area contributed by atoms with Crippen molar-refractivity contribution in [3.05, 3.63) is 28.6 Å². The Hall–Kier alpha value is -0.870. The molecule has 3 nitrogen and oxygen atoms in total. The van der Waals surface area contributed by atoms with Crippen molar-refractivity contribution in [2.45, 2.75) is 25.3 Å². The summed E-state index contributed by atoms with van der Waals surface area (Å²) in [7, 11) is 0. The van der Waals surface area contributed by atoms with E-state index in [1.165, 1.54) is 6.42 Å². The van der Waals surface area contributed by atoms with Crippen LogP contribution in [0.1, 0.15) is 25.7 Å². The molecule has 3 rings (SSSR count). The minimum absolute atomic E-state index is 0.0918. The molecule has 0 aliphatic carbocycles. The van der Waals surface area contributed by atoms with Crippen LogP contribution in [0.3, 0.4) is 0 Å². The van der Waals surface area contributed by atoms with E-state index >= 15 is 0 Å². The molecule has 1 aliphatic rings. The molecule has 1 atom stereocenters. The molecule has 1 aromatic carbocycles. The Labute approximate surface area is 102 Å². The van der Waals surface area contributed by atoms with E-state index in [2.05, 4.69) is 33.2 Å². The van der Waals surface area contributed by atoms with Gasteiger partial charge in [-0.1, -0.05) is 15.9 Å². The average Bonchev–Trinajstić information content (AvgIpc) is 2.84. The van der Waals surface area contributed by atoms with Crippen molar-refractivity contribution in [2.24, 2.45) is 0 Å². The molecule has 0 bridgehead atoms. The quantitative estimate of drug-likeness (QED) is 0.872. The number of halogens is 1. The second-order valence-corrected chi connectivity index (χ2v) is 5.41. The predicted octanol–water partition coefficient (Wildman–Crippen LogP) is 3.19. The van der Waals surface area contributed by atoms with Gasteiger partial charge in [0.1, 0.15) is 5.52 Å². The fourth-order valence-corrected chi connectivity index (χ4v) is 2.56. The number of hydrogen-bond donors (Lipinski definition) is 1. The van der Waals surface area contributed by atoms with E-state index in [-0.39, 0.29) is 5.54 Å². The topological polar surface area (TPSA) is 38.1 Å². The first-order valence-electron chi connectivity index (χ1n) is 5.49. The molecule has 0 saturated carbocycles. The molecule has 1 N–H and O–H groups in total. The van der Waals surface area contributed by atoms with Gasteiger partial charge < -0.3 is 9.73 Å². The number of nitrogens with zero attached hydrogens (tertiary/aromatic N) is 1. The zero-order valence-corrected chi connectivity index (χ0v) is 10.7. The van der Waals surface area contributed by atoms with Gasteiger partial charge in [-0.15, -0.1) is 0 Å². The predicted molar refractivity (Wildman–Crippen MR) is 66.3 cm³/mol. The first kappa shape index (κ1) is 10.3. The Morgan fingerprint density at radius 1 is 1.50 bits per heavy atom. The van der Waals surface area contributed by atoms with Crippen LogP contribution in [0.4, 0.5) is 0 Å². The fourth-order valence-electron chi connectivity index (χ4n) is 2.21. The molecule has 1 fully saturated rings. The smallest absolute Gasteiger partial charge is 0.215 e. The number of fused-ring (bicyclic) bond motifs is 1. The van der Waals surface area contributed by atoms with Gasteiger partial charge in [-0.2, -0.15) is 0 Å². The fraction of sp³-hybridized carbons (Fsp3) is 0.417. The van der Waals surface area contributed by atoms with E-state index in [1.54, 1.807) is 0 Å². The first-order valence-corrected chi connectivity index (χ1v) is 6.28. The minimum Gasteiger partial charge on any atom is -0.439 e. The third-order valence-electron chi connectivity index (χ3n) is 3.19. The lowest BCUT2D eigenvalue weighted by atomic mass is 10.0. The maximum Gasteiger partial charge on any atom is 0.215 e. The summed E-state index contributed by atoms with van der Waals surface area (Å²) in [5, 5.41) is 3.46. The monoisotopic (exact) mass is 280 g/mol. The number of aromatic nitrogens is 1. The molecule has 1 aromatic heterocycles. The molecule has 1 unspecified atom stereocenters. The summed E-state index contributed by atoms with van der Waals surface area (Å²) in [6.45, 7) is 3.19. The minimum atomic E-state index is -0.0918. The third kappa shape index (κ3) is 1.57. The zero-order valence-electron chi connectivity index (χ0n) is 9.09. The first-order chi connectivity index (χ1) is 7.67. The summed E-state index contributed by atoms with van der Waals surface area (Å²) in [5.74, 6) is 0.804. The van der Waals surface area contributed by atoms with Crippen LogP contribution in [0.15, 0.2) is 27.1 Å². The highest BCUT2D eigenvalue weighted by Crippen LogP contribution is 2.32. The Morgan fingerprint density at radius 2 is 2.38 bits per heavy atom. The van der Waals surface area contributed by atoms with Crippen LogP contribution in [0.25, 0.3) is 11.1 Å². The van der Waals surface area contributed by atoms with Gasteiger partial charge in [0.2, 0.25) is 5.89 Å². The van der Waals surface area contributed by atoms with Crippen LogP contribution in [0.5, 0.6) is 0 Å². The van der Waals surface area contributed by atoms with Gasteiger partial charge in [0.05, 0.1) is 5.54 Å². The second-order valence-electron chi connectivity index (χ2n) is 4.49. The summed E-state index contributed by atoms with van der Waals surface area (Å²) in [6, 6.07) is 5.91. The van der Waals surface area contributed by atoms with Crippen LogP contribution in [-0.2, 0) is 5.54 Å². The van der Waals surface area contributed by atoms with E-state index in [4.69, 9.17) is 4.42 Å². The van der Waals surface area contributed by atoms with Crippen molar-refractivity contribution in [1.29, 1.82) is 0 Å². The molecular weight excluding hydrogens is 268 g/mol. The van der Waals surface area contributed by atoms with E-state index < -0.39 is 0 Å². The molecular formula is C12H13BrN2O. The van der Waals surface area contributed by atoms with Gasteiger partial charge in [0.25, 0.3) is 0 Å². The maximum atomic E-state index is 5.82. The van der Waals surface area contributed by atoms with Crippen molar-refractivity contribution in [1.82, 2.24) is 10.3 Å². The Bertz CT molecular complexity index is 529. The van der Waals surface area contributed by atoms with Crippen molar-refractivity contribution < 1.29 is 4.42 Å². The molecule has 2 heterocycles. The normalized spacial score (nSPS) is 25.4. The molecule has 0 amide bonds. The number of oxazole rings is 1. The highest BCUT2D eigenvalue weighted by molar-refractivity contribution is 9.10. The van der Waals surface area contributed by atoms with E-state index in [0.717, 1.165) is 34.4 Å². The van der Waals surface area contributed by atoms with Gasteiger partial charge in [0.15, 0.2) is 5.58 Å². The lowest BCUT2D eigenvalue weighted by molar-refractivity contribution is 0.330. The highest BCUT2D eigenvalue weighted by Gasteiger charge is 2.34. The summed E-state index contributed by atoms with van der Waals surface area (Å²) in [4.78, 5) is 4.57. The molecule has 16 heavy (non-hydrogen) atoms. The van der Waals surface area contributed by atoms with Crippen LogP contribution in [0, 0.1) is 0 Å². The van der Waals surface area contributed by atoms with E-state index in [1.807, 2.05) is 18.2 Å². The molecule has 0 spiro atoms. The SMILES string of the molecule is CC1(c2nc3cc(Br)ccc3o2)CCCN1. The van der Waals surface area contributed by atoms with Crippen LogP contribution in [0.2, 0.25) is 0 Å². The molecule has 2 aromatic rings. The van der Waals surface area contributed by atoms with E-state index in [9.17, 15) is 0 Å². The van der Waals surface area contributed by atoms with Gasteiger partial charge in [-0.05, 0) is 44.5 Å². The summed E-state index contributed by atoms with van der Waals surface area (Å²) in [5.41, 5.74) is 1.68. The highest BCUT2D eigenvalue weighted by atomic mass is 79.9. The molecule has 0 radical (unpaired) electrons. The summed E-state index contributed by atoms with van der Waals surface area (Å²) >= 11 is 3.44. The molecule has 84 valence electrons. The number of rotatable bonds is 1. The second kappa shape index (κ2) is 3.57. The third-order valence-corrected chi connectivity index (χ3v) is 3.68. The van der Waals surface area contributed by atoms with Crippen molar-refractivity contribution >= 4 is 27.0 Å². The van der Waals surface area contributed by atoms with Gasteiger partial charge >= 0.3 is 0 Å². The summed E-state index contributed by atoms with van der Waals surface area (Å²) < 4.78 is 6.85. The molecule has 4 heteroatoms. The van der Waals surface area contributed by atoms with Gasteiger partial charge in [-0.25, -0.2) is 4.98 Å². The van der Waals surface area contributed by atoms with Crippen LogP contribution in [-0.4, -0.2) is 11.5 Å². The number of benzene rings is 1. The number of nitrogens with one attached hydrogen (secondary N) is 1. The Kier molecular flexibility index (Phi) is 2.30. The largest absolute Gasteiger partial charge is 0.439 e. The average molecular weight is 281 g/mol. The number of hydrogen-bond acceptors (Lipinski definition) is 3. The van der Waals surface area contributed by atoms with Gasteiger partial charge in [0, 0.05) is 4.47 Å². The molecule has 1 saturated heterocycles. The van der Waals surface area contributed by atoms with Crippen LogP contribution < -0.4 is 5.32 Å². The van der Waals surface area contributed by atoms with Gasteiger partial charge in [-0.3, -0.25) is 0 Å². The van der Waals surface area contributed by atoms with E-state index in [0.29, 0.717) is 0 Å².